The summed E-state index contributed by atoms with van der Waals surface area (Å²) >= 11 is 0. The number of nitrogens with zero attached hydrogens (tertiary/aromatic N) is 1. The molecule has 0 aromatic rings. The van der Waals surface area contributed by atoms with Gasteiger partial charge in [0.2, 0.25) is 0 Å². The van der Waals surface area contributed by atoms with E-state index in [0.29, 0.717) is 6.54 Å². The Morgan fingerprint density at radius 1 is 1.33 bits per heavy atom. The molecule has 2 N–H and O–H groups in total. The first kappa shape index (κ1) is 14.7. The summed E-state index contributed by atoms with van der Waals surface area (Å²) in [4.78, 5) is 1.21. The highest BCUT2D eigenvalue weighted by Gasteiger charge is 2.32. The first-order chi connectivity index (χ1) is 6.76. The second-order valence-corrected chi connectivity index (χ2v) is 3.85. The van der Waals surface area contributed by atoms with Crippen LogP contribution in [0.2, 0.25) is 0 Å². The van der Waals surface area contributed by atoms with Gasteiger partial charge in [-0.2, -0.15) is 13.2 Å². The van der Waals surface area contributed by atoms with Crippen LogP contribution in [0.25, 0.3) is 0 Å². The summed E-state index contributed by atoms with van der Waals surface area (Å²) in [6, 6.07) is -0.238. The van der Waals surface area contributed by atoms with E-state index in [1.807, 2.05) is 0 Å². The van der Waals surface area contributed by atoms with Gasteiger partial charge in [0.25, 0.3) is 0 Å². The number of hydrogen-bond donors (Lipinski definition) is 2. The lowest BCUT2D eigenvalue weighted by molar-refractivity contribution is -0.152. The molecule has 0 heterocycles. The van der Waals surface area contributed by atoms with Gasteiger partial charge < -0.3 is 10.4 Å². The minimum absolute atomic E-state index is 0.0258. The van der Waals surface area contributed by atoms with Gasteiger partial charge >= 0.3 is 6.18 Å². The van der Waals surface area contributed by atoms with Crippen molar-refractivity contribution in [2.45, 2.75) is 32.2 Å². The summed E-state index contributed by atoms with van der Waals surface area (Å²) < 4.78 is 36.5. The van der Waals surface area contributed by atoms with E-state index in [1.165, 1.54) is 4.90 Å². The smallest absolute Gasteiger partial charge is 0.390 e. The van der Waals surface area contributed by atoms with Crippen molar-refractivity contribution in [1.29, 1.82) is 0 Å². The summed E-state index contributed by atoms with van der Waals surface area (Å²) in [6.45, 7) is 2.69. The molecule has 0 radical (unpaired) electrons. The van der Waals surface area contributed by atoms with Gasteiger partial charge in [-0.3, -0.25) is 4.90 Å². The van der Waals surface area contributed by atoms with Crippen molar-refractivity contribution in [1.82, 2.24) is 10.2 Å². The maximum absolute atomic E-state index is 12.2. The monoisotopic (exact) mass is 228 g/mol. The van der Waals surface area contributed by atoms with Crippen LogP contribution in [-0.2, 0) is 0 Å². The second kappa shape index (κ2) is 6.30. The Kier molecular flexibility index (Phi) is 6.16. The summed E-state index contributed by atoms with van der Waals surface area (Å²) in [6.07, 6.45) is -5.00. The first-order valence-electron chi connectivity index (χ1n) is 4.89. The summed E-state index contributed by atoms with van der Waals surface area (Å²) in [5.74, 6) is 0. The Morgan fingerprint density at radius 3 is 2.20 bits per heavy atom. The molecule has 0 aromatic carbocycles. The highest BCUT2D eigenvalue weighted by molar-refractivity contribution is 4.72. The molecule has 0 aromatic heterocycles. The lowest BCUT2D eigenvalue weighted by Crippen LogP contribution is -2.45. The minimum Gasteiger partial charge on any atom is -0.390 e. The number of alkyl halides is 3. The van der Waals surface area contributed by atoms with Gasteiger partial charge in [-0.05, 0) is 20.9 Å². The molecular formula is C9H19F3N2O. The summed E-state index contributed by atoms with van der Waals surface area (Å²) in [7, 11) is 1.65. The van der Waals surface area contributed by atoms with Crippen LogP contribution in [0, 0.1) is 0 Å². The minimum atomic E-state index is -4.22. The van der Waals surface area contributed by atoms with Crippen LogP contribution < -0.4 is 5.32 Å². The van der Waals surface area contributed by atoms with Crippen LogP contribution in [0.1, 0.15) is 13.8 Å². The molecule has 0 bridgehead atoms. The van der Waals surface area contributed by atoms with Gasteiger partial charge in [0, 0.05) is 19.1 Å². The molecular weight excluding hydrogens is 209 g/mol. The summed E-state index contributed by atoms with van der Waals surface area (Å²) in [5, 5.41) is 12.1. The molecule has 0 saturated heterocycles. The van der Waals surface area contributed by atoms with Crippen molar-refractivity contribution in [3.05, 3.63) is 0 Å². The number of nitrogens with one attached hydrogen (secondary N) is 1. The van der Waals surface area contributed by atoms with E-state index >= 15 is 0 Å². The first-order valence-corrected chi connectivity index (χ1v) is 4.89. The van der Waals surface area contributed by atoms with E-state index in [1.54, 1.807) is 20.9 Å². The topological polar surface area (TPSA) is 35.5 Å². The van der Waals surface area contributed by atoms with Crippen LogP contribution in [-0.4, -0.2) is 55.0 Å². The quantitative estimate of drug-likeness (QED) is 0.707. The predicted octanol–water partition coefficient (Wildman–Crippen LogP) is 0.839. The molecule has 92 valence electrons. The number of rotatable bonds is 6. The third kappa shape index (κ3) is 7.58. The lowest BCUT2D eigenvalue weighted by Gasteiger charge is -2.29. The third-order valence-corrected chi connectivity index (χ3v) is 2.00. The van der Waals surface area contributed by atoms with Crippen molar-refractivity contribution >= 4 is 0 Å². The number of aliphatic hydroxyl groups excluding tert-OH is 1. The molecule has 0 amide bonds. The average molecular weight is 228 g/mol. The highest BCUT2D eigenvalue weighted by atomic mass is 19.4. The van der Waals surface area contributed by atoms with Crippen LogP contribution in [0.15, 0.2) is 0 Å². The Bertz CT molecular complexity index is 173. The molecule has 0 aliphatic rings. The lowest BCUT2D eigenvalue weighted by atomic mass is 10.2. The van der Waals surface area contributed by atoms with Crippen molar-refractivity contribution in [3.8, 4) is 0 Å². The van der Waals surface area contributed by atoms with Gasteiger partial charge in [-0.15, -0.1) is 0 Å². The molecule has 0 saturated carbocycles. The molecule has 15 heavy (non-hydrogen) atoms. The molecule has 0 fully saturated rings. The molecule has 0 aliphatic heterocycles. The van der Waals surface area contributed by atoms with Gasteiger partial charge in [0.1, 0.15) is 0 Å². The van der Waals surface area contributed by atoms with E-state index < -0.39 is 18.8 Å². The zero-order valence-corrected chi connectivity index (χ0v) is 9.30. The Balaban J connectivity index is 4.16. The van der Waals surface area contributed by atoms with Gasteiger partial charge in [-0.1, -0.05) is 0 Å². The maximum Gasteiger partial charge on any atom is 0.401 e. The molecule has 0 spiro atoms. The second-order valence-electron chi connectivity index (χ2n) is 3.85. The Hall–Kier alpha value is -0.330. The zero-order valence-electron chi connectivity index (χ0n) is 9.30. The molecule has 1 unspecified atom stereocenters. The van der Waals surface area contributed by atoms with Crippen LogP contribution in [0.3, 0.4) is 0 Å². The van der Waals surface area contributed by atoms with Crippen LogP contribution >= 0.6 is 0 Å². The Morgan fingerprint density at radius 2 is 1.87 bits per heavy atom. The molecule has 0 rings (SSSR count). The standard InChI is InChI=1S/C9H19F3N2O/c1-7(2)14(6-9(10,11)12)5-8(15)4-13-3/h7-8,13,15H,4-6H2,1-3H3. The van der Waals surface area contributed by atoms with E-state index in [2.05, 4.69) is 5.32 Å². The molecule has 1 atom stereocenters. The predicted molar refractivity (Wildman–Crippen MR) is 52.7 cm³/mol. The van der Waals surface area contributed by atoms with Crippen LogP contribution in [0.4, 0.5) is 13.2 Å². The SMILES string of the molecule is CNCC(O)CN(CC(F)(F)F)C(C)C. The van der Waals surface area contributed by atoms with Crippen molar-refractivity contribution in [2.75, 3.05) is 26.7 Å². The van der Waals surface area contributed by atoms with Gasteiger partial charge in [-0.25, -0.2) is 0 Å². The average Bonchev–Trinajstić information content (AvgIpc) is 2.00. The van der Waals surface area contributed by atoms with E-state index in [0.717, 1.165) is 0 Å². The zero-order chi connectivity index (χ0) is 12.1. The fourth-order valence-electron chi connectivity index (χ4n) is 1.26. The van der Waals surface area contributed by atoms with Crippen molar-refractivity contribution in [2.24, 2.45) is 0 Å². The van der Waals surface area contributed by atoms with Gasteiger partial charge in [0.15, 0.2) is 0 Å². The third-order valence-electron chi connectivity index (χ3n) is 2.00. The normalized spacial score (nSPS) is 15.0. The number of halogens is 3. The molecule has 3 nitrogen and oxygen atoms in total. The van der Waals surface area contributed by atoms with Crippen LogP contribution in [0.5, 0.6) is 0 Å². The molecule has 0 aliphatic carbocycles. The van der Waals surface area contributed by atoms with Crippen molar-refractivity contribution < 1.29 is 18.3 Å². The fourth-order valence-corrected chi connectivity index (χ4v) is 1.26. The number of hydrogen-bond acceptors (Lipinski definition) is 3. The summed E-state index contributed by atoms with van der Waals surface area (Å²) in [5.41, 5.74) is 0. The van der Waals surface area contributed by atoms with E-state index in [-0.39, 0.29) is 12.6 Å². The van der Waals surface area contributed by atoms with E-state index in [4.69, 9.17) is 0 Å². The number of aliphatic hydroxyl groups is 1. The number of likely N-dealkylation sites (N-methyl/N-ethyl adjacent to an activating group) is 1. The highest BCUT2D eigenvalue weighted by Crippen LogP contribution is 2.18. The van der Waals surface area contributed by atoms with Gasteiger partial charge in [0.05, 0.1) is 12.6 Å². The van der Waals surface area contributed by atoms with Crippen molar-refractivity contribution in [3.63, 3.8) is 0 Å². The molecule has 6 heteroatoms. The largest absolute Gasteiger partial charge is 0.401 e. The Labute approximate surface area is 88.3 Å². The fraction of sp³-hybridized carbons (Fsp3) is 1.00. The maximum atomic E-state index is 12.2. The van der Waals surface area contributed by atoms with E-state index in [9.17, 15) is 18.3 Å².